The summed E-state index contributed by atoms with van der Waals surface area (Å²) in [6.45, 7) is 4.26. The van der Waals surface area contributed by atoms with Crippen molar-refractivity contribution in [2.24, 2.45) is 5.92 Å². The average Bonchev–Trinajstić information content (AvgIpc) is 2.88. The highest BCUT2D eigenvalue weighted by atomic mass is 79.9. The van der Waals surface area contributed by atoms with Crippen LogP contribution < -0.4 is 4.90 Å². The molecule has 1 aliphatic rings. The highest BCUT2D eigenvalue weighted by molar-refractivity contribution is 9.10. The quantitative estimate of drug-likeness (QED) is 0.321. The number of hydrogen-bond donors (Lipinski definition) is 1. The summed E-state index contributed by atoms with van der Waals surface area (Å²) in [5.74, 6) is -5.62. The molecule has 3 rings (SSSR count). The van der Waals surface area contributed by atoms with Gasteiger partial charge in [0.1, 0.15) is 11.8 Å². The summed E-state index contributed by atoms with van der Waals surface area (Å²) in [6.07, 6.45) is -6.00. The van der Waals surface area contributed by atoms with Gasteiger partial charge in [-0.05, 0) is 56.7 Å². The number of rotatable bonds is 7. The van der Waals surface area contributed by atoms with Gasteiger partial charge >= 0.3 is 24.1 Å². The van der Waals surface area contributed by atoms with E-state index in [0.717, 1.165) is 30.2 Å². The van der Waals surface area contributed by atoms with E-state index in [9.17, 15) is 27.6 Å². The molecule has 208 valence electrons. The molecule has 0 spiro atoms. The van der Waals surface area contributed by atoms with Gasteiger partial charge in [-0.3, -0.25) is 10.2 Å². The molecule has 0 amide bonds. The number of hydrogen-bond acceptors (Lipinski definition) is 7. The Labute approximate surface area is 231 Å². The van der Waals surface area contributed by atoms with Gasteiger partial charge in [0.2, 0.25) is 0 Å². The standard InChI is InChI=1S/C27H26BrF3N2O6/c1-5-38-25(35)22-21(16-9-11-18(28)12-10-16)20(26(36)39-15(3)24(34)37-4)14(2)33(23(22)32)19-8-6-7-17(13-19)27(29,30)31/h6-13,15,21-22,32H,5H2,1-4H3/t15-,21?,22?/m0/s1. The molecule has 0 saturated heterocycles. The van der Waals surface area contributed by atoms with E-state index < -0.39 is 53.4 Å². The summed E-state index contributed by atoms with van der Waals surface area (Å²) < 4.78 is 56.5. The lowest BCUT2D eigenvalue weighted by molar-refractivity contribution is -0.162. The number of alkyl halides is 3. The zero-order valence-electron chi connectivity index (χ0n) is 21.5. The number of ether oxygens (including phenoxy) is 3. The monoisotopic (exact) mass is 610 g/mol. The van der Waals surface area contributed by atoms with E-state index in [1.54, 1.807) is 31.2 Å². The van der Waals surface area contributed by atoms with E-state index in [2.05, 4.69) is 20.7 Å². The van der Waals surface area contributed by atoms with E-state index in [0.29, 0.717) is 10.0 Å². The van der Waals surface area contributed by atoms with Gasteiger partial charge in [0, 0.05) is 21.8 Å². The molecular formula is C27H26BrF3N2O6. The highest BCUT2D eigenvalue weighted by Gasteiger charge is 2.48. The lowest BCUT2D eigenvalue weighted by Crippen LogP contribution is -2.48. The second-order valence-electron chi connectivity index (χ2n) is 8.60. The van der Waals surface area contributed by atoms with Crippen molar-refractivity contribution in [3.63, 3.8) is 0 Å². The first-order chi connectivity index (χ1) is 18.3. The topological polar surface area (TPSA) is 106 Å². The second-order valence-corrected chi connectivity index (χ2v) is 9.51. The number of carbonyl (C=O) groups excluding carboxylic acids is 3. The Morgan fingerprint density at radius 2 is 1.77 bits per heavy atom. The van der Waals surface area contributed by atoms with E-state index in [4.69, 9.17) is 14.9 Å². The maximum absolute atomic E-state index is 13.6. The van der Waals surface area contributed by atoms with Crippen LogP contribution in [0.25, 0.3) is 0 Å². The number of amidine groups is 1. The minimum Gasteiger partial charge on any atom is -0.466 e. The first-order valence-corrected chi connectivity index (χ1v) is 12.6. The summed E-state index contributed by atoms with van der Waals surface area (Å²) in [5.41, 5.74) is -0.704. The van der Waals surface area contributed by atoms with Crippen LogP contribution in [-0.2, 0) is 34.8 Å². The third-order valence-electron chi connectivity index (χ3n) is 6.14. The molecule has 2 aromatic rings. The first kappa shape index (κ1) is 29.9. The molecule has 12 heteroatoms. The highest BCUT2D eigenvalue weighted by Crippen LogP contribution is 2.44. The third kappa shape index (κ3) is 6.32. The molecule has 0 saturated carbocycles. The molecule has 1 aliphatic heterocycles. The maximum Gasteiger partial charge on any atom is 0.416 e. The number of halogens is 4. The molecule has 2 unspecified atom stereocenters. The molecule has 0 bridgehead atoms. The zero-order valence-corrected chi connectivity index (χ0v) is 23.1. The Bertz CT molecular complexity index is 1310. The van der Waals surface area contributed by atoms with Crippen LogP contribution in [0.3, 0.4) is 0 Å². The predicted molar refractivity (Wildman–Crippen MR) is 139 cm³/mol. The number of anilines is 1. The van der Waals surface area contributed by atoms with Gasteiger partial charge in [0.25, 0.3) is 0 Å². The largest absolute Gasteiger partial charge is 0.466 e. The Hall–Kier alpha value is -3.67. The number of carbonyl (C=O) groups is 3. The minimum atomic E-state index is -4.68. The van der Waals surface area contributed by atoms with Gasteiger partial charge < -0.3 is 19.1 Å². The molecule has 3 atom stereocenters. The van der Waals surface area contributed by atoms with E-state index in [1.165, 1.54) is 19.9 Å². The van der Waals surface area contributed by atoms with Crippen LogP contribution in [-0.4, -0.2) is 43.6 Å². The van der Waals surface area contributed by atoms with Crippen molar-refractivity contribution in [1.82, 2.24) is 0 Å². The molecule has 2 aromatic carbocycles. The Balaban J connectivity index is 2.30. The van der Waals surface area contributed by atoms with Gasteiger partial charge in [-0.15, -0.1) is 0 Å². The molecular weight excluding hydrogens is 585 g/mol. The van der Waals surface area contributed by atoms with Crippen LogP contribution in [0.4, 0.5) is 18.9 Å². The van der Waals surface area contributed by atoms with Crippen molar-refractivity contribution < 1.29 is 41.8 Å². The Morgan fingerprint density at radius 3 is 2.33 bits per heavy atom. The number of nitrogens with zero attached hydrogens (tertiary/aromatic N) is 1. The molecule has 39 heavy (non-hydrogen) atoms. The fraction of sp³-hybridized carbons (Fsp3) is 0.333. The SMILES string of the molecule is CCOC(=O)C1C(=N)N(c2cccc(C(F)(F)F)c2)C(C)=C(C(=O)O[C@@H](C)C(=O)OC)C1c1ccc(Br)cc1. The number of allylic oxidation sites excluding steroid dienone is 1. The predicted octanol–water partition coefficient (Wildman–Crippen LogP) is 5.61. The number of benzene rings is 2. The average molecular weight is 611 g/mol. The Kier molecular flexibility index (Phi) is 9.21. The van der Waals surface area contributed by atoms with Crippen LogP contribution in [0.1, 0.15) is 37.8 Å². The summed E-state index contributed by atoms with van der Waals surface area (Å²) >= 11 is 3.34. The number of methoxy groups -OCH3 is 1. The van der Waals surface area contributed by atoms with Crippen molar-refractivity contribution in [2.45, 2.75) is 39.0 Å². The first-order valence-electron chi connectivity index (χ1n) is 11.8. The number of esters is 3. The van der Waals surface area contributed by atoms with Crippen molar-refractivity contribution in [3.8, 4) is 0 Å². The molecule has 0 radical (unpaired) electrons. The van der Waals surface area contributed by atoms with Gasteiger partial charge in [0.05, 0.1) is 24.9 Å². The summed E-state index contributed by atoms with van der Waals surface area (Å²) in [7, 11) is 1.12. The van der Waals surface area contributed by atoms with E-state index in [1.807, 2.05) is 0 Å². The fourth-order valence-electron chi connectivity index (χ4n) is 4.37. The molecule has 0 fully saturated rings. The van der Waals surface area contributed by atoms with Crippen LogP contribution in [0.15, 0.2) is 64.3 Å². The van der Waals surface area contributed by atoms with Crippen LogP contribution >= 0.6 is 15.9 Å². The third-order valence-corrected chi connectivity index (χ3v) is 6.67. The summed E-state index contributed by atoms with van der Waals surface area (Å²) in [4.78, 5) is 40.0. The number of nitrogens with one attached hydrogen (secondary N) is 1. The summed E-state index contributed by atoms with van der Waals surface area (Å²) in [6, 6.07) is 10.8. The molecule has 0 aromatic heterocycles. The zero-order chi connectivity index (χ0) is 29.1. The van der Waals surface area contributed by atoms with Crippen molar-refractivity contribution in [3.05, 3.63) is 75.4 Å². The lowest BCUT2D eigenvalue weighted by atomic mass is 9.75. The van der Waals surface area contributed by atoms with Gasteiger partial charge in [-0.25, -0.2) is 9.59 Å². The van der Waals surface area contributed by atoms with Gasteiger partial charge in [-0.2, -0.15) is 13.2 Å². The molecule has 8 nitrogen and oxygen atoms in total. The summed E-state index contributed by atoms with van der Waals surface area (Å²) in [5, 5.41) is 8.97. The van der Waals surface area contributed by atoms with Crippen LogP contribution in [0.2, 0.25) is 0 Å². The maximum atomic E-state index is 13.6. The van der Waals surface area contributed by atoms with Crippen molar-refractivity contribution in [2.75, 3.05) is 18.6 Å². The normalized spacial score (nSPS) is 18.5. The van der Waals surface area contributed by atoms with Gasteiger partial charge in [0.15, 0.2) is 6.10 Å². The van der Waals surface area contributed by atoms with Crippen molar-refractivity contribution in [1.29, 1.82) is 5.41 Å². The van der Waals surface area contributed by atoms with Gasteiger partial charge in [-0.1, -0.05) is 34.1 Å². The van der Waals surface area contributed by atoms with E-state index in [-0.39, 0.29) is 23.6 Å². The second kappa shape index (κ2) is 12.0. The molecule has 0 aliphatic carbocycles. The Morgan fingerprint density at radius 1 is 1.13 bits per heavy atom. The van der Waals surface area contributed by atoms with Crippen LogP contribution in [0.5, 0.6) is 0 Å². The minimum absolute atomic E-state index is 0.0406. The molecule has 1 N–H and O–H groups in total. The van der Waals surface area contributed by atoms with E-state index >= 15 is 0 Å². The van der Waals surface area contributed by atoms with Crippen molar-refractivity contribution >= 4 is 45.4 Å². The van der Waals surface area contributed by atoms with Crippen LogP contribution in [0, 0.1) is 11.3 Å². The smallest absolute Gasteiger partial charge is 0.416 e. The lowest BCUT2D eigenvalue weighted by Gasteiger charge is -2.40. The molecule has 1 heterocycles. The fourth-order valence-corrected chi connectivity index (χ4v) is 4.63.